The first kappa shape index (κ1) is 15.2. The van der Waals surface area contributed by atoms with E-state index in [1.54, 1.807) is 12.1 Å². The number of carboxylic acid groups (broad SMARTS) is 1. The van der Waals surface area contributed by atoms with Gasteiger partial charge in [0.1, 0.15) is 6.54 Å². The summed E-state index contributed by atoms with van der Waals surface area (Å²) in [4.78, 5) is 35.4. The number of aliphatic carboxylic acids is 1. The minimum absolute atomic E-state index is 0.211. The van der Waals surface area contributed by atoms with Gasteiger partial charge < -0.3 is 15.3 Å². The molecule has 0 radical (unpaired) electrons. The van der Waals surface area contributed by atoms with Gasteiger partial charge in [-0.1, -0.05) is 6.92 Å². The van der Waals surface area contributed by atoms with Crippen molar-refractivity contribution in [3.05, 3.63) is 17.0 Å². The van der Waals surface area contributed by atoms with Crippen LogP contribution in [0.4, 0.5) is 5.00 Å². The first-order valence-corrected chi connectivity index (χ1v) is 6.64. The summed E-state index contributed by atoms with van der Waals surface area (Å²) in [6, 6.07) is 3.22. The molecule has 6 nitrogen and oxygen atoms in total. The number of hydrogen-bond donors (Lipinski definition) is 2. The number of amides is 2. The lowest BCUT2D eigenvalue weighted by atomic mass is 10.3. The fourth-order valence-corrected chi connectivity index (χ4v) is 2.46. The van der Waals surface area contributed by atoms with E-state index in [0.717, 1.165) is 11.3 Å². The van der Waals surface area contributed by atoms with Gasteiger partial charge in [0.05, 0.1) is 9.88 Å². The molecule has 0 unspecified atom stereocenters. The lowest BCUT2D eigenvalue weighted by Gasteiger charge is -2.18. The molecular formula is C12H16N2O4S. The van der Waals surface area contributed by atoms with Crippen molar-refractivity contribution in [2.24, 2.45) is 0 Å². The molecule has 0 aliphatic heterocycles. The number of rotatable bonds is 6. The van der Waals surface area contributed by atoms with Gasteiger partial charge in [0.25, 0.3) is 5.91 Å². The minimum atomic E-state index is -1.04. The summed E-state index contributed by atoms with van der Waals surface area (Å²) in [6.07, 6.45) is 0.683. The van der Waals surface area contributed by atoms with Crippen molar-refractivity contribution >= 4 is 34.1 Å². The maximum atomic E-state index is 12.1. The van der Waals surface area contributed by atoms with Gasteiger partial charge in [0, 0.05) is 13.5 Å². The van der Waals surface area contributed by atoms with Crippen LogP contribution in [0.2, 0.25) is 0 Å². The molecule has 0 spiro atoms. The van der Waals surface area contributed by atoms with E-state index in [1.165, 1.54) is 11.8 Å². The van der Waals surface area contributed by atoms with Gasteiger partial charge in [-0.25, -0.2) is 0 Å². The smallest absolute Gasteiger partial charge is 0.323 e. The Balaban J connectivity index is 2.80. The van der Waals surface area contributed by atoms with Crippen LogP contribution in [-0.2, 0) is 9.59 Å². The molecule has 0 atom stereocenters. The Labute approximate surface area is 115 Å². The molecule has 1 aromatic rings. The highest BCUT2D eigenvalue weighted by Crippen LogP contribution is 2.23. The van der Waals surface area contributed by atoms with E-state index in [0.29, 0.717) is 22.8 Å². The molecule has 1 heterocycles. The second-order valence-corrected chi connectivity index (χ2v) is 5.05. The SMILES string of the molecule is CCCN(CC(=O)O)C(=O)c1ccc(NC(C)=O)s1. The number of nitrogens with one attached hydrogen (secondary N) is 1. The van der Waals surface area contributed by atoms with Gasteiger partial charge >= 0.3 is 5.97 Å². The third-order valence-corrected chi connectivity index (χ3v) is 3.21. The van der Waals surface area contributed by atoms with E-state index in [9.17, 15) is 14.4 Å². The maximum absolute atomic E-state index is 12.1. The Hall–Kier alpha value is -1.89. The summed E-state index contributed by atoms with van der Waals surface area (Å²) in [6.45, 7) is 3.33. The molecule has 0 bridgehead atoms. The van der Waals surface area contributed by atoms with Crippen LogP contribution in [0, 0.1) is 0 Å². The zero-order chi connectivity index (χ0) is 14.4. The van der Waals surface area contributed by atoms with E-state index >= 15 is 0 Å². The molecule has 2 amide bonds. The van der Waals surface area contributed by atoms with Crippen LogP contribution in [0.1, 0.15) is 29.9 Å². The molecule has 0 saturated heterocycles. The summed E-state index contributed by atoms with van der Waals surface area (Å²) in [5.41, 5.74) is 0. The predicted octanol–water partition coefficient (Wildman–Crippen LogP) is 1.64. The van der Waals surface area contributed by atoms with Crippen molar-refractivity contribution in [3.63, 3.8) is 0 Å². The first-order chi connectivity index (χ1) is 8.93. The number of carbonyl (C=O) groups is 3. The van der Waals surface area contributed by atoms with Crippen molar-refractivity contribution in [1.82, 2.24) is 4.90 Å². The van der Waals surface area contributed by atoms with Crippen LogP contribution < -0.4 is 5.32 Å². The van der Waals surface area contributed by atoms with Gasteiger partial charge in [-0.15, -0.1) is 11.3 Å². The number of nitrogens with zero attached hydrogens (tertiary/aromatic N) is 1. The van der Waals surface area contributed by atoms with Crippen molar-refractivity contribution in [3.8, 4) is 0 Å². The molecule has 0 aliphatic rings. The number of thiophene rings is 1. The van der Waals surface area contributed by atoms with Crippen LogP contribution >= 0.6 is 11.3 Å². The average Bonchev–Trinajstić information content (AvgIpc) is 2.74. The van der Waals surface area contributed by atoms with Crippen molar-refractivity contribution in [2.75, 3.05) is 18.4 Å². The number of carbonyl (C=O) groups excluding carboxylic acids is 2. The van der Waals surface area contributed by atoms with E-state index in [-0.39, 0.29) is 18.4 Å². The zero-order valence-electron chi connectivity index (χ0n) is 10.8. The Bertz CT molecular complexity index is 484. The third kappa shape index (κ3) is 4.70. The molecule has 0 aliphatic carbocycles. The Morgan fingerprint density at radius 2 is 2.05 bits per heavy atom. The highest BCUT2D eigenvalue weighted by Gasteiger charge is 2.19. The summed E-state index contributed by atoms with van der Waals surface area (Å²) in [5.74, 6) is -1.58. The minimum Gasteiger partial charge on any atom is -0.480 e. The van der Waals surface area contributed by atoms with Gasteiger partial charge in [-0.2, -0.15) is 0 Å². The largest absolute Gasteiger partial charge is 0.480 e. The average molecular weight is 284 g/mol. The van der Waals surface area contributed by atoms with E-state index in [1.807, 2.05) is 6.92 Å². The lowest BCUT2D eigenvalue weighted by molar-refractivity contribution is -0.137. The molecular weight excluding hydrogens is 268 g/mol. The van der Waals surface area contributed by atoms with Gasteiger partial charge in [0.15, 0.2) is 0 Å². The number of anilines is 1. The highest BCUT2D eigenvalue weighted by molar-refractivity contribution is 7.18. The zero-order valence-corrected chi connectivity index (χ0v) is 11.6. The quantitative estimate of drug-likeness (QED) is 0.831. The topological polar surface area (TPSA) is 86.7 Å². The maximum Gasteiger partial charge on any atom is 0.323 e. The number of hydrogen-bond acceptors (Lipinski definition) is 4. The van der Waals surface area contributed by atoms with Crippen molar-refractivity contribution < 1.29 is 19.5 Å². The fourth-order valence-electron chi connectivity index (χ4n) is 1.53. The normalized spacial score (nSPS) is 10.0. The summed E-state index contributed by atoms with van der Waals surface area (Å²) >= 11 is 1.13. The fraction of sp³-hybridized carbons (Fsp3) is 0.417. The van der Waals surface area contributed by atoms with Crippen LogP contribution in [0.5, 0.6) is 0 Å². The monoisotopic (exact) mass is 284 g/mol. The second-order valence-electron chi connectivity index (χ2n) is 3.97. The van der Waals surface area contributed by atoms with Crippen LogP contribution in [0.3, 0.4) is 0 Å². The molecule has 0 aromatic carbocycles. The molecule has 19 heavy (non-hydrogen) atoms. The van der Waals surface area contributed by atoms with Gasteiger partial charge in [-0.05, 0) is 18.6 Å². The molecule has 7 heteroatoms. The lowest BCUT2D eigenvalue weighted by Crippen LogP contribution is -2.35. The van der Waals surface area contributed by atoms with Crippen LogP contribution in [-0.4, -0.2) is 40.9 Å². The standard InChI is InChI=1S/C12H16N2O4S/c1-3-6-14(7-11(16)17)12(18)9-4-5-10(19-9)13-8(2)15/h4-5H,3,6-7H2,1-2H3,(H,13,15)(H,16,17). The van der Waals surface area contributed by atoms with Crippen LogP contribution in [0.15, 0.2) is 12.1 Å². The summed E-state index contributed by atoms with van der Waals surface area (Å²) in [5, 5.41) is 11.9. The second kappa shape index (κ2) is 6.89. The molecule has 104 valence electrons. The van der Waals surface area contributed by atoms with E-state index in [4.69, 9.17) is 5.11 Å². The Morgan fingerprint density at radius 3 is 2.58 bits per heavy atom. The van der Waals surface area contributed by atoms with Crippen LogP contribution in [0.25, 0.3) is 0 Å². The Kier molecular flexibility index (Phi) is 5.50. The molecule has 2 N–H and O–H groups in total. The third-order valence-electron chi connectivity index (χ3n) is 2.22. The van der Waals surface area contributed by atoms with Gasteiger partial charge in [0.2, 0.25) is 5.91 Å². The molecule has 0 fully saturated rings. The van der Waals surface area contributed by atoms with E-state index in [2.05, 4.69) is 5.32 Å². The highest BCUT2D eigenvalue weighted by atomic mass is 32.1. The van der Waals surface area contributed by atoms with Crippen molar-refractivity contribution in [2.45, 2.75) is 20.3 Å². The molecule has 1 rings (SSSR count). The van der Waals surface area contributed by atoms with Crippen molar-refractivity contribution in [1.29, 1.82) is 0 Å². The summed E-state index contributed by atoms with van der Waals surface area (Å²) in [7, 11) is 0. The van der Waals surface area contributed by atoms with Gasteiger partial charge in [-0.3, -0.25) is 14.4 Å². The Morgan fingerprint density at radius 1 is 1.37 bits per heavy atom. The number of carboxylic acids is 1. The molecule has 1 aromatic heterocycles. The summed E-state index contributed by atoms with van der Waals surface area (Å²) < 4.78 is 0. The first-order valence-electron chi connectivity index (χ1n) is 5.82. The molecule has 0 saturated carbocycles. The van der Waals surface area contributed by atoms with E-state index < -0.39 is 5.97 Å². The predicted molar refractivity (Wildman–Crippen MR) is 72.5 cm³/mol.